The molecule has 3 heteroatoms. The number of hydrogen-bond donors (Lipinski definition) is 1. The van der Waals surface area contributed by atoms with Gasteiger partial charge in [-0.1, -0.05) is 60.7 Å². The van der Waals surface area contributed by atoms with Crippen LogP contribution in [-0.4, -0.2) is 22.0 Å². The number of carbonyl (C=O) groups excluding carboxylic acids is 1. The van der Waals surface area contributed by atoms with E-state index < -0.39 is 0 Å². The van der Waals surface area contributed by atoms with Crippen molar-refractivity contribution in [2.45, 2.75) is 51.2 Å². The van der Waals surface area contributed by atoms with Gasteiger partial charge in [0, 0.05) is 5.54 Å². The predicted octanol–water partition coefficient (Wildman–Crippen LogP) is 4.55. The maximum atomic E-state index is 12.8. The van der Waals surface area contributed by atoms with Crippen molar-refractivity contribution in [1.82, 2.24) is 10.2 Å². The zero-order valence-electron chi connectivity index (χ0n) is 14.9. The highest BCUT2D eigenvalue weighted by Crippen LogP contribution is 2.52. The lowest BCUT2D eigenvalue weighted by atomic mass is 9.95. The summed E-state index contributed by atoms with van der Waals surface area (Å²) in [5.74, 6) is 0. The van der Waals surface area contributed by atoms with Crippen molar-refractivity contribution in [3.05, 3.63) is 71.8 Å². The second kappa shape index (κ2) is 5.97. The second-order valence-electron chi connectivity index (χ2n) is 7.81. The maximum absolute atomic E-state index is 12.8. The number of urea groups is 1. The third-order valence-electron chi connectivity index (χ3n) is 4.75. The van der Waals surface area contributed by atoms with E-state index in [0.717, 1.165) is 6.42 Å². The van der Waals surface area contributed by atoms with Crippen LogP contribution >= 0.6 is 0 Å². The van der Waals surface area contributed by atoms with Crippen molar-refractivity contribution in [2.24, 2.45) is 0 Å². The Morgan fingerprint density at radius 1 is 1.04 bits per heavy atom. The summed E-state index contributed by atoms with van der Waals surface area (Å²) in [6.07, 6.45) is 0.809. The summed E-state index contributed by atoms with van der Waals surface area (Å²) >= 11 is 0. The molecular formula is C21H26N2O. The van der Waals surface area contributed by atoms with Crippen molar-refractivity contribution in [3.63, 3.8) is 0 Å². The van der Waals surface area contributed by atoms with E-state index in [-0.39, 0.29) is 23.2 Å². The lowest BCUT2D eigenvalue weighted by molar-refractivity contribution is 0.210. The molecule has 1 unspecified atom stereocenters. The summed E-state index contributed by atoms with van der Waals surface area (Å²) in [6, 6.07) is 20.7. The molecule has 1 aliphatic rings. The van der Waals surface area contributed by atoms with E-state index in [4.69, 9.17) is 0 Å². The van der Waals surface area contributed by atoms with Crippen LogP contribution in [0.15, 0.2) is 60.7 Å². The van der Waals surface area contributed by atoms with E-state index >= 15 is 0 Å². The summed E-state index contributed by atoms with van der Waals surface area (Å²) in [5, 5.41) is 3.21. The molecule has 0 spiro atoms. The molecule has 24 heavy (non-hydrogen) atoms. The number of nitrogens with one attached hydrogen (secondary N) is 1. The molecule has 2 amide bonds. The van der Waals surface area contributed by atoms with Gasteiger partial charge < -0.3 is 10.2 Å². The zero-order chi connectivity index (χ0) is 17.4. The molecule has 1 aliphatic heterocycles. The normalized spacial score (nSPS) is 19.0. The van der Waals surface area contributed by atoms with Crippen LogP contribution in [0.1, 0.15) is 44.9 Å². The molecular weight excluding hydrogens is 296 g/mol. The molecule has 0 radical (unpaired) electrons. The Hall–Kier alpha value is -2.29. The molecule has 1 atom stereocenters. The molecule has 1 N–H and O–H groups in total. The lowest BCUT2D eigenvalue weighted by Crippen LogP contribution is -2.47. The third-order valence-corrected chi connectivity index (χ3v) is 4.75. The summed E-state index contributed by atoms with van der Waals surface area (Å²) < 4.78 is 0. The van der Waals surface area contributed by atoms with E-state index in [9.17, 15) is 4.79 Å². The van der Waals surface area contributed by atoms with Gasteiger partial charge in [0.2, 0.25) is 0 Å². The van der Waals surface area contributed by atoms with Crippen molar-refractivity contribution in [3.8, 4) is 0 Å². The fraction of sp³-hybridized carbons (Fsp3) is 0.381. The fourth-order valence-electron chi connectivity index (χ4n) is 3.56. The van der Waals surface area contributed by atoms with Gasteiger partial charge in [0.15, 0.2) is 0 Å². The minimum atomic E-state index is -0.293. The van der Waals surface area contributed by atoms with Crippen LogP contribution in [-0.2, 0) is 6.42 Å². The van der Waals surface area contributed by atoms with E-state index in [0.29, 0.717) is 0 Å². The zero-order valence-corrected chi connectivity index (χ0v) is 14.9. The van der Waals surface area contributed by atoms with Crippen molar-refractivity contribution >= 4 is 6.03 Å². The first-order valence-corrected chi connectivity index (χ1v) is 8.52. The molecule has 126 valence electrons. The first-order chi connectivity index (χ1) is 11.3. The van der Waals surface area contributed by atoms with Crippen molar-refractivity contribution in [2.75, 3.05) is 0 Å². The Labute approximate surface area is 144 Å². The summed E-state index contributed by atoms with van der Waals surface area (Å²) in [5.41, 5.74) is 1.98. The Bertz CT molecular complexity index is 707. The lowest BCUT2D eigenvalue weighted by Gasteiger charge is -2.27. The van der Waals surface area contributed by atoms with Gasteiger partial charge >= 0.3 is 6.03 Å². The number of rotatable bonds is 4. The first kappa shape index (κ1) is 16.6. The van der Waals surface area contributed by atoms with Crippen LogP contribution in [0, 0.1) is 0 Å². The minimum Gasteiger partial charge on any atom is -0.333 e. The number of carbonyl (C=O) groups is 1. The Morgan fingerprint density at radius 2 is 1.58 bits per heavy atom. The fourth-order valence-corrected chi connectivity index (χ4v) is 3.56. The van der Waals surface area contributed by atoms with Crippen molar-refractivity contribution in [1.29, 1.82) is 0 Å². The summed E-state index contributed by atoms with van der Waals surface area (Å²) in [7, 11) is 0. The van der Waals surface area contributed by atoms with Gasteiger partial charge in [-0.25, -0.2) is 4.79 Å². The molecule has 1 heterocycles. The number of hydrogen-bond acceptors (Lipinski definition) is 1. The Kier molecular flexibility index (Phi) is 4.12. The minimum absolute atomic E-state index is 0.00906. The largest absolute Gasteiger partial charge is 0.333 e. The van der Waals surface area contributed by atoms with E-state index in [2.05, 4.69) is 57.3 Å². The quantitative estimate of drug-likeness (QED) is 0.823. The topological polar surface area (TPSA) is 32.1 Å². The number of nitrogens with zero attached hydrogens (tertiary/aromatic N) is 1. The van der Waals surface area contributed by atoms with Gasteiger partial charge in [0.05, 0.1) is 11.6 Å². The van der Waals surface area contributed by atoms with Crippen LogP contribution < -0.4 is 5.32 Å². The van der Waals surface area contributed by atoms with Crippen LogP contribution in [0.25, 0.3) is 0 Å². The van der Waals surface area contributed by atoms with Gasteiger partial charge in [0.25, 0.3) is 0 Å². The van der Waals surface area contributed by atoms with Gasteiger partial charge in [-0.2, -0.15) is 0 Å². The number of amides is 2. The molecule has 2 aromatic rings. The third kappa shape index (κ3) is 3.30. The maximum Gasteiger partial charge on any atom is 0.318 e. The Balaban J connectivity index is 1.68. The van der Waals surface area contributed by atoms with Crippen LogP contribution in [0.5, 0.6) is 0 Å². The highest BCUT2D eigenvalue weighted by Gasteiger charge is 2.59. The molecule has 2 aromatic carbocycles. The van der Waals surface area contributed by atoms with E-state index in [1.54, 1.807) is 0 Å². The predicted molar refractivity (Wildman–Crippen MR) is 97.9 cm³/mol. The average molecular weight is 322 g/mol. The Morgan fingerprint density at radius 3 is 2.17 bits per heavy atom. The molecule has 0 saturated carbocycles. The second-order valence-corrected chi connectivity index (χ2v) is 7.81. The van der Waals surface area contributed by atoms with Crippen LogP contribution in [0.2, 0.25) is 0 Å². The first-order valence-electron chi connectivity index (χ1n) is 8.52. The molecule has 0 aliphatic carbocycles. The standard InChI is InChI=1S/C21H26N2O/c1-20(2,15-16-11-7-5-8-12-16)22-19(24)23-18(21(23,3)4)17-13-9-6-10-14-17/h5-14,18H,15H2,1-4H3,(H,22,24). The van der Waals surface area contributed by atoms with Gasteiger partial charge in [0.1, 0.15) is 0 Å². The smallest absolute Gasteiger partial charge is 0.318 e. The molecule has 0 aromatic heterocycles. The molecule has 3 nitrogen and oxygen atoms in total. The van der Waals surface area contributed by atoms with E-state index in [1.165, 1.54) is 11.1 Å². The summed E-state index contributed by atoms with van der Waals surface area (Å²) in [4.78, 5) is 14.8. The highest BCUT2D eigenvalue weighted by atomic mass is 16.2. The summed E-state index contributed by atoms with van der Waals surface area (Å²) in [6.45, 7) is 8.39. The molecule has 3 rings (SSSR count). The van der Waals surface area contributed by atoms with Gasteiger partial charge in [-0.05, 0) is 45.2 Å². The van der Waals surface area contributed by atoms with Crippen LogP contribution in [0.3, 0.4) is 0 Å². The molecule has 1 saturated heterocycles. The number of benzene rings is 2. The SMILES string of the molecule is CC(C)(Cc1ccccc1)NC(=O)N1C(c2ccccc2)C1(C)C. The highest BCUT2D eigenvalue weighted by molar-refractivity contribution is 5.80. The van der Waals surface area contributed by atoms with Crippen molar-refractivity contribution < 1.29 is 4.79 Å². The molecule has 0 bridgehead atoms. The van der Waals surface area contributed by atoms with Crippen LogP contribution in [0.4, 0.5) is 4.79 Å². The average Bonchev–Trinajstić information content (AvgIpc) is 3.11. The molecule has 1 fully saturated rings. The van der Waals surface area contributed by atoms with E-state index in [1.807, 2.05) is 41.3 Å². The van der Waals surface area contributed by atoms with Gasteiger partial charge in [-0.15, -0.1) is 0 Å². The monoisotopic (exact) mass is 322 g/mol. The van der Waals surface area contributed by atoms with Gasteiger partial charge in [-0.3, -0.25) is 0 Å².